The molecule has 0 bridgehead atoms. The molecular formula is C12H18ClN3O2S. The van der Waals surface area contributed by atoms with E-state index in [2.05, 4.69) is 15.3 Å². The van der Waals surface area contributed by atoms with Crippen molar-refractivity contribution in [1.82, 2.24) is 15.3 Å². The van der Waals surface area contributed by atoms with Gasteiger partial charge in [-0.15, -0.1) is 0 Å². The zero-order valence-corrected chi connectivity index (χ0v) is 13.2. The van der Waals surface area contributed by atoms with E-state index in [1.165, 1.54) is 18.0 Å². The van der Waals surface area contributed by atoms with Crippen LogP contribution in [-0.2, 0) is 0 Å². The fraction of sp³-hybridized carbons (Fsp3) is 0.583. The molecule has 7 heteroatoms. The predicted molar refractivity (Wildman–Crippen MR) is 76.7 cm³/mol. The van der Waals surface area contributed by atoms with E-state index < -0.39 is 17.0 Å². The fourth-order valence-electron chi connectivity index (χ4n) is 1.10. The summed E-state index contributed by atoms with van der Waals surface area (Å²) in [6.07, 6.45) is 3.21. The Morgan fingerprint density at radius 1 is 1.42 bits per heavy atom. The minimum Gasteiger partial charge on any atom is -0.388 e. The molecule has 19 heavy (non-hydrogen) atoms. The van der Waals surface area contributed by atoms with Crippen molar-refractivity contribution in [2.75, 3.05) is 6.26 Å². The van der Waals surface area contributed by atoms with Gasteiger partial charge in [0.2, 0.25) is 0 Å². The van der Waals surface area contributed by atoms with Crippen molar-refractivity contribution in [1.29, 1.82) is 0 Å². The lowest BCUT2D eigenvalue weighted by molar-refractivity contribution is -0.00303. The summed E-state index contributed by atoms with van der Waals surface area (Å²) in [5.74, 6) is -0.435. The predicted octanol–water partition coefficient (Wildman–Crippen LogP) is 2.13. The van der Waals surface area contributed by atoms with Crippen molar-refractivity contribution in [3.05, 3.63) is 16.9 Å². The molecule has 0 radical (unpaired) electrons. The summed E-state index contributed by atoms with van der Waals surface area (Å²) in [5, 5.41) is 13.4. The van der Waals surface area contributed by atoms with Crippen molar-refractivity contribution in [2.24, 2.45) is 0 Å². The fourth-order valence-corrected chi connectivity index (χ4v) is 1.62. The number of hydrogen-bond donors (Lipinski definition) is 2. The first kappa shape index (κ1) is 16.2. The molecule has 0 fully saturated rings. The molecule has 0 atom stereocenters. The Balaban J connectivity index is 3.02. The van der Waals surface area contributed by atoms with E-state index in [1.807, 2.05) is 6.26 Å². The Labute approximate surface area is 122 Å². The SMILES string of the molecule is CSc1ncc(Cl)c(C(=O)NC(C)(C)C(C)(C)O)n1. The first-order valence-corrected chi connectivity index (χ1v) is 7.30. The number of aliphatic hydroxyl groups is 1. The van der Waals surface area contributed by atoms with E-state index in [0.717, 1.165) is 0 Å². The summed E-state index contributed by atoms with van der Waals surface area (Å²) in [5.41, 5.74) is -1.79. The summed E-state index contributed by atoms with van der Waals surface area (Å²) in [6, 6.07) is 0. The molecule has 5 nitrogen and oxygen atoms in total. The number of aromatic nitrogens is 2. The van der Waals surface area contributed by atoms with Crippen molar-refractivity contribution in [3.8, 4) is 0 Å². The van der Waals surface area contributed by atoms with Crippen LogP contribution in [0.15, 0.2) is 11.4 Å². The number of nitrogens with one attached hydrogen (secondary N) is 1. The third-order valence-corrected chi connectivity index (χ3v) is 3.91. The van der Waals surface area contributed by atoms with Gasteiger partial charge in [0.15, 0.2) is 10.9 Å². The normalized spacial score (nSPS) is 12.4. The largest absolute Gasteiger partial charge is 0.388 e. The van der Waals surface area contributed by atoms with Crippen LogP contribution in [0.4, 0.5) is 0 Å². The van der Waals surface area contributed by atoms with Crippen molar-refractivity contribution in [2.45, 2.75) is 44.0 Å². The Hall–Kier alpha value is -0.850. The van der Waals surface area contributed by atoms with E-state index >= 15 is 0 Å². The highest BCUT2D eigenvalue weighted by Gasteiger charge is 2.37. The molecule has 0 spiro atoms. The van der Waals surface area contributed by atoms with Crippen LogP contribution >= 0.6 is 23.4 Å². The molecule has 2 N–H and O–H groups in total. The quantitative estimate of drug-likeness (QED) is 0.658. The topological polar surface area (TPSA) is 75.1 Å². The first-order valence-electron chi connectivity index (χ1n) is 5.70. The zero-order valence-electron chi connectivity index (χ0n) is 11.6. The maximum atomic E-state index is 12.2. The first-order chi connectivity index (χ1) is 8.58. The molecule has 0 aliphatic rings. The number of rotatable bonds is 4. The monoisotopic (exact) mass is 303 g/mol. The van der Waals surface area contributed by atoms with Crippen LogP contribution in [-0.4, -0.2) is 38.4 Å². The lowest BCUT2D eigenvalue weighted by Gasteiger charge is -2.37. The number of amides is 1. The van der Waals surface area contributed by atoms with Gasteiger partial charge in [-0.2, -0.15) is 0 Å². The van der Waals surface area contributed by atoms with E-state index in [1.54, 1.807) is 27.7 Å². The molecule has 0 aliphatic carbocycles. The molecule has 1 aromatic rings. The maximum absolute atomic E-state index is 12.2. The average molecular weight is 304 g/mol. The summed E-state index contributed by atoms with van der Waals surface area (Å²) in [4.78, 5) is 20.2. The van der Waals surface area contributed by atoms with Crippen LogP contribution < -0.4 is 5.32 Å². The van der Waals surface area contributed by atoms with E-state index in [9.17, 15) is 9.90 Å². The standard InChI is InChI=1S/C12H18ClN3O2S/c1-11(2,12(3,4)18)16-9(17)8-7(13)6-14-10(15-8)19-5/h6,18H,1-5H3,(H,16,17). The van der Waals surface area contributed by atoms with Gasteiger partial charge in [-0.3, -0.25) is 4.79 Å². The van der Waals surface area contributed by atoms with Crippen LogP contribution in [0.25, 0.3) is 0 Å². The van der Waals surface area contributed by atoms with Crippen LogP contribution in [0.3, 0.4) is 0 Å². The smallest absolute Gasteiger partial charge is 0.272 e. The second kappa shape index (κ2) is 5.64. The van der Waals surface area contributed by atoms with Crippen LogP contribution in [0.1, 0.15) is 38.2 Å². The molecule has 106 valence electrons. The molecule has 0 unspecified atom stereocenters. The van der Waals surface area contributed by atoms with Crippen molar-refractivity contribution < 1.29 is 9.90 Å². The summed E-state index contributed by atoms with van der Waals surface area (Å²) < 4.78 is 0. The minimum atomic E-state index is -1.08. The highest BCUT2D eigenvalue weighted by atomic mass is 35.5. The lowest BCUT2D eigenvalue weighted by atomic mass is 9.86. The van der Waals surface area contributed by atoms with Crippen molar-refractivity contribution in [3.63, 3.8) is 0 Å². The zero-order chi connectivity index (χ0) is 14.8. The minimum absolute atomic E-state index is 0.110. The highest BCUT2D eigenvalue weighted by Crippen LogP contribution is 2.22. The summed E-state index contributed by atoms with van der Waals surface area (Å²) >= 11 is 7.26. The van der Waals surface area contributed by atoms with Crippen LogP contribution in [0.5, 0.6) is 0 Å². The molecule has 1 aromatic heterocycles. The van der Waals surface area contributed by atoms with Gasteiger partial charge in [-0.05, 0) is 34.0 Å². The van der Waals surface area contributed by atoms with E-state index in [4.69, 9.17) is 11.6 Å². The molecular weight excluding hydrogens is 286 g/mol. The lowest BCUT2D eigenvalue weighted by Crippen LogP contribution is -2.57. The molecule has 0 saturated heterocycles. The van der Waals surface area contributed by atoms with Gasteiger partial charge in [0, 0.05) is 0 Å². The van der Waals surface area contributed by atoms with Gasteiger partial charge >= 0.3 is 0 Å². The van der Waals surface area contributed by atoms with Gasteiger partial charge in [0.25, 0.3) is 5.91 Å². The summed E-state index contributed by atoms with van der Waals surface area (Å²) in [7, 11) is 0. The van der Waals surface area contributed by atoms with Gasteiger partial charge in [0.05, 0.1) is 22.4 Å². The van der Waals surface area contributed by atoms with Gasteiger partial charge in [0.1, 0.15) is 0 Å². The Morgan fingerprint density at radius 3 is 2.47 bits per heavy atom. The third-order valence-electron chi connectivity index (χ3n) is 3.08. The maximum Gasteiger partial charge on any atom is 0.272 e. The van der Waals surface area contributed by atoms with Gasteiger partial charge in [-0.1, -0.05) is 23.4 Å². The van der Waals surface area contributed by atoms with E-state index in [-0.39, 0.29) is 10.7 Å². The molecule has 1 amide bonds. The number of halogens is 1. The van der Waals surface area contributed by atoms with Crippen LogP contribution in [0.2, 0.25) is 5.02 Å². The Bertz CT molecular complexity index is 486. The average Bonchev–Trinajstić information content (AvgIpc) is 2.27. The second-order valence-electron chi connectivity index (χ2n) is 5.19. The number of thioether (sulfide) groups is 1. The molecule has 1 rings (SSSR count). The Kier molecular flexibility index (Phi) is 4.81. The summed E-state index contributed by atoms with van der Waals surface area (Å²) in [6.45, 7) is 6.72. The third kappa shape index (κ3) is 3.81. The number of carbonyl (C=O) groups is 1. The van der Waals surface area contributed by atoms with Crippen LogP contribution in [0, 0.1) is 0 Å². The second-order valence-corrected chi connectivity index (χ2v) is 6.37. The Morgan fingerprint density at radius 2 is 2.00 bits per heavy atom. The molecule has 1 heterocycles. The highest BCUT2D eigenvalue weighted by molar-refractivity contribution is 7.98. The number of hydrogen-bond acceptors (Lipinski definition) is 5. The molecule has 0 saturated carbocycles. The number of nitrogens with zero attached hydrogens (tertiary/aromatic N) is 2. The molecule has 0 aliphatic heterocycles. The van der Waals surface area contributed by atoms with E-state index in [0.29, 0.717) is 5.16 Å². The number of carbonyl (C=O) groups excluding carboxylic acids is 1. The molecule has 0 aromatic carbocycles. The van der Waals surface area contributed by atoms with Crippen molar-refractivity contribution >= 4 is 29.3 Å². The van der Waals surface area contributed by atoms with Gasteiger partial charge < -0.3 is 10.4 Å². The van der Waals surface area contributed by atoms with Gasteiger partial charge in [-0.25, -0.2) is 9.97 Å².